The first-order chi connectivity index (χ1) is 9.07. The van der Waals surface area contributed by atoms with Gasteiger partial charge in [0.2, 0.25) is 5.91 Å². The Kier molecular flexibility index (Phi) is 4.25. The van der Waals surface area contributed by atoms with E-state index in [0.717, 1.165) is 43.6 Å². The van der Waals surface area contributed by atoms with Crippen LogP contribution in [0.5, 0.6) is 0 Å². The Morgan fingerprint density at radius 2 is 2.00 bits per heavy atom. The monoisotopic (exact) mass is 260 g/mol. The Balaban J connectivity index is 2.17. The number of piperidine rings is 1. The highest BCUT2D eigenvalue weighted by molar-refractivity contribution is 5.96. The number of aryl methyl sites for hydroxylation is 2. The number of hydrogen-bond donors (Lipinski definition) is 2. The second kappa shape index (κ2) is 5.74. The topological polar surface area (TPSA) is 41.1 Å². The van der Waals surface area contributed by atoms with Gasteiger partial charge in [-0.2, -0.15) is 0 Å². The van der Waals surface area contributed by atoms with Crippen LogP contribution in [0.2, 0.25) is 0 Å². The first-order valence-electron chi connectivity index (χ1n) is 7.17. The van der Waals surface area contributed by atoms with Gasteiger partial charge >= 0.3 is 0 Å². The molecule has 19 heavy (non-hydrogen) atoms. The third-order valence-electron chi connectivity index (χ3n) is 4.36. The summed E-state index contributed by atoms with van der Waals surface area (Å²) in [5.41, 5.74) is 3.06. The van der Waals surface area contributed by atoms with Crippen molar-refractivity contribution < 1.29 is 4.79 Å². The van der Waals surface area contributed by atoms with Gasteiger partial charge in [0, 0.05) is 5.69 Å². The van der Waals surface area contributed by atoms with Crippen molar-refractivity contribution in [1.29, 1.82) is 0 Å². The van der Waals surface area contributed by atoms with E-state index in [1.54, 1.807) is 0 Å². The molecule has 0 spiro atoms. The molecule has 2 N–H and O–H groups in total. The molecule has 3 heteroatoms. The van der Waals surface area contributed by atoms with Crippen molar-refractivity contribution in [3.05, 3.63) is 29.3 Å². The normalized spacial score (nSPS) is 18.1. The van der Waals surface area contributed by atoms with Crippen molar-refractivity contribution in [3.63, 3.8) is 0 Å². The fraction of sp³-hybridized carbons (Fsp3) is 0.562. The summed E-state index contributed by atoms with van der Waals surface area (Å²) in [5, 5.41) is 6.48. The van der Waals surface area contributed by atoms with E-state index < -0.39 is 0 Å². The van der Waals surface area contributed by atoms with Gasteiger partial charge < -0.3 is 10.6 Å². The van der Waals surface area contributed by atoms with Gasteiger partial charge in [-0.3, -0.25) is 4.79 Å². The van der Waals surface area contributed by atoms with Crippen LogP contribution < -0.4 is 10.6 Å². The number of carbonyl (C=O) groups excluding carboxylic acids is 1. The van der Waals surface area contributed by atoms with E-state index in [1.165, 1.54) is 5.56 Å². The number of hydrogen-bond acceptors (Lipinski definition) is 2. The van der Waals surface area contributed by atoms with Gasteiger partial charge in [0.15, 0.2) is 0 Å². The molecule has 0 aliphatic carbocycles. The number of nitrogens with one attached hydrogen (secondary N) is 2. The Bertz CT molecular complexity index is 462. The summed E-state index contributed by atoms with van der Waals surface area (Å²) in [4.78, 5) is 12.6. The lowest BCUT2D eigenvalue weighted by Crippen LogP contribution is -2.44. The highest BCUT2D eigenvalue weighted by atomic mass is 16.2. The van der Waals surface area contributed by atoms with Crippen LogP contribution in [-0.4, -0.2) is 19.0 Å². The van der Waals surface area contributed by atoms with Gasteiger partial charge in [-0.25, -0.2) is 0 Å². The molecule has 104 valence electrons. The molecule has 1 aliphatic rings. The number of benzene rings is 1. The molecule has 0 radical (unpaired) electrons. The average Bonchev–Trinajstić information content (AvgIpc) is 2.43. The molecule has 1 amide bonds. The van der Waals surface area contributed by atoms with Gasteiger partial charge in [0.25, 0.3) is 0 Å². The van der Waals surface area contributed by atoms with Crippen molar-refractivity contribution in [2.45, 2.75) is 40.0 Å². The van der Waals surface area contributed by atoms with Crippen molar-refractivity contribution >= 4 is 11.6 Å². The maximum atomic E-state index is 12.6. The standard InChI is InChI=1S/C16H24N2O/c1-4-16(7-9-17-10-8-16)15(19)18-14-11-12(2)5-6-13(14)3/h5-6,11,17H,4,7-10H2,1-3H3,(H,18,19). The minimum absolute atomic E-state index is 0.185. The maximum absolute atomic E-state index is 12.6. The highest BCUT2D eigenvalue weighted by Gasteiger charge is 2.37. The van der Waals surface area contributed by atoms with Gasteiger partial charge in [0.1, 0.15) is 0 Å². The number of rotatable bonds is 3. The molecule has 0 unspecified atom stereocenters. The van der Waals surface area contributed by atoms with E-state index in [-0.39, 0.29) is 11.3 Å². The first-order valence-corrected chi connectivity index (χ1v) is 7.17. The van der Waals surface area contributed by atoms with Crippen molar-refractivity contribution in [2.75, 3.05) is 18.4 Å². The molecule has 0 aromatic heterocycles. The Labute approximate surface area is 115 Å². The summed E-state index contributed by atoms with van der Waals surface area (Å²) in [6.07, 6.45) is 2.77. The lowest BCUT2D eigenvalue weighted by Gasteiger charge is -2.35. The zero-order chi connectivity index (χ0) is 13.9. The van der Waals surface area contributed by atoms with E-state index in [2.05, 4.69) is 42.7 Å². The molecule has 0 atom stereocenters. The molecular formula is C16H24N2O. The largest absolute Gasteiger partial charge is 0.325 e. The van der Waals surface area contributed by atoms with Crippen LogP contribution in [0.15, 0.2) is 18.2 Å². The fourth-order valence-electron chi connectivity index (χ4n) is 2.77. The lowest BCUT2D eigenvalue weighted by molar-refractivity contribution is -0.127. The van der Waals surface area contributed by atoms with Crippen LogP contribution in [0.1, 0.15) is 37.3 Å². The van der Waals surface area contributed by atoms with E-state index in [0.29, 0.717) is 0 Å². The lowest BCUT2D eigenvalue weighted by atomic mass is 9.76. The number of carbonyl (C=O) groups is 1. The van der Waals surface area contributed by atoms with E-state index in [1.807, 2.05) is 6.92 Å². The molecule has 1 aromatic rings. The predicted octanol–water partition coefficient (Wildman–Crippen LogP) is 3.02. The minimum atomic E-state index is -0.193. The SMILES string of the molecule is CCC1(C(=O)Nc2cc(C)ccc2C)CCNCC1. The van der Waals surface area contributed by atoms with Gasteiger partial charge in [0.05, 0.1) is 5.41 Å². The fourth-order valence-corrected chi connectivity index (χ4v) is 2.77. The minimum Gasteiger partial charge on any atom is -0.325 e. The van der Waals surface area contributed by atoms with Gasteiger partial charge in [-0.15, -0.1) is 0 Å². The summed E-state index contributed by atoms with van der Waals surface area (Å²) in [6.45, 7) is 8.08. The zero-order valence-electron chi connectivity index (χ0n) is 12.2. The summed E-state index contributed by atoms with van der Waals surface area (Å²) in [5.74, 6) is 0.185. The molecule has 1 aromatic carbocycles. The average molecular weight is 260 g/mol. The van der Waals surface area contributed by atoms with Gasteiger partial charge in [-0.05, 0) is 63.4 Å². The molecule has 1 aliphatic heterocycles. The number of amides is 1. The van der Waals surface area contributed by atoms with Crippen LogP contribution in [0.25, 0.3) is 0 Å². The second-order valence-corrected chi connectivity index (χ2v) is 5.66. The molecule has 0 bridgehead atoms. The van der Waals surface area contributed by atoms with Crippen molar-refractivity contribution in [3.8, 4) is 0 Å². The third-order valence-corrected chi connectivity index (χ3v) is 4.36. The van der Waals surface area contributed by atoms with Crippen LogP contribution >= 0.6 is 0 Å². The molecule has 3 nitrogen and oxygen atoms in total. The first kappa shape index (κ1) is 14.1. The highest BCUT2D eigenvalue weighted by Crippen LogP contribution is 2.34. The Morgan fingerprint density at radius 1 is 1.32 bits per heavy atom. The van der Waals surface area contributed by atoms with Crippen LogP contribution in [0.4, 0.5) is 5.69 Å². The summed E-state index contributed by atoms with van der Waals surface area (Å²) < 4.78 is 0. The molecule has 1 saturated heterocycles. The summed E-state index contributed by atoms with van der Waals surface area (Å²) in [6, 6.07) is 6.19. The van der Waals surface area contributed by atoms with Crippen molar-refractivity contribution in [1.82, 2.24) is 5.32 Å². The molecule has 0 saturated carbocycles. The summed E-state index contributed by atoms with van der Waals surface area (Å²) in [7, 11) is 0. The molecular weight excluding hydrogens is 236 g/mol. The summed E-state index contributed by atoms with van der Waals surface area (Å²) >= 11 is 0. The van der Waals surface area contributed by atoms with Gasteiger partial charge in [-0.1, -0.05) is 19.1 Å². The van der Waals surface area contributed by atoms with E-state index in [4.69, 9.17) is 0 Å². The van der Waals surface area contributed by atoms with E-state index >= 15 is 0 Å². The van der Waals surface area contributed by atoms with Crippen LogP contribution in [-0.2, 0) is 4.79 Å². The van der Waals surface area contributed by atoms with Crippen LogP contribution in [0.3, 0.4) is 0 Å². The predicted molar refractivity (Wildman–Crippen MR) is 79.4 cm³/mol. The van der Waals surface area contributed by atoms with E-state index in [9.17, 15) is 4.79 Å². The Morgan fingerprint density at radius 3 is 2.63 bits per heavy atom. The maximum Gasteiger partial charge on any atom is 0.230 e. The molecule has 2 rings (SSSR count). The smallest absolute Gasteiger partial charge is 0.230 e. The number of anilines is 1. The van der Waals surface area contributed by atoms with Crippen molar-refractivity contribution in [2.24, 2.45) is 5.41 Å². The van der Waals surface area contributed by atoms with Crippen LogP contribution in [0, 0.1) is 19.3 Å². The third kappa shape index (κ3) is 2.98. The molecule has 1 heterocycles. The quantitative estimate of drug-likeness (QED) is 0.877. The second-order valence-electron chi connectivity index (χ2n) is 5.66. The molecule has 1 fully saturated rings. The zero-order valence-corrected chi connectivity index (χ0v) is 12.2. The Hall–Kier alpha value is -1.35.